The second-order valence-corrected chi connectivity index (χ2v) is 8.30. The molecule has 0 unspecified atom stereocenters. The van der Waals surface area contributed by atoms with Gasteiger partial charge in [0.25, 0.3) is 0 Å². The van der Waals surface area contributed by atoms with Gasteiger partial charge < -0.3 is 4.57 Å². The molecule has 2 aliphatic heterocycles. The Kier molecular flexibility index (Phi) is 3.47. The Labute approximate surface area is 175 Å². The number of benzene rings is 4. The molecule has 2 aliphatic rings. The molecule has 0 radical (unpaired) electrons. The minimum Gasteiger partial charge on any atom is -0.306 e. The van der Waals surface area contributed by atoms with Crippen LogP contribution in [0, 0.1) is 22.7 Å². The van der Waals surface area contributed by atoms with E-state index in [1.54, 1.807) is 11.3 Å². The first-order valence-corrected chi connectivity index (χ1v) is 10.4. The molecule has 4 aromatic carbocycles. The van der Waals surface area contributed by atoms with Gasteiger partial charge >= 0.3 is 0 Å². The van der Waals surface area contributed by atoms with Crippen molar-refractivity contribution in [2.24, 2.45) is 0 Å². The van der Waals surface area contributed by atoms with Gasteiger partial charge in [0.2, 0.25) is 0 Å². The molecular weight excluding hydrogens is 386 g/mol. The fourth-order valence-electron chi connectivity index (χ4n) is 4.49. The van der Waals surface area contributed by atoms with Crippen LogP contribution in [0.4, 0.5) is 0 Å². The summed E-state index contributed by atoms with van der Waals surface area (Å²) in [6, 6.07) is 31.2. The summed E-state index contributed by atoms with van der Waals surface area (Å²) in [7, 11) is 0. The molecule has 2 heterocycles. The summed E-state index contributed by atoms with van der Waals surface area (Å²) in [6.45, 7) is 0. The van der Waals surface area contributed by atoms with E-state index in [1.807, 2.05) is 30.3 Å². The third-order valence-electron chi connectivity index (χ3n) is 5.69. The predicted molar refractivity (Wildman–Crippen MR) is 124 cm³/mol. The van der Waals surface area contributed by atoms with E-state index in [2.05, 4.69) is 65.2 Å². The van der Waals surface area contributed by atoms with Crippen molar-refractivity contribution in [3.63, 3.8) is 0 Å². The lowest BCUT2D eigenvalue weighted by Gasteiger charge is -2.22. The Balaban J connectivity index is 2.13. The summed E-state index contributed by atoms with van der Waals surface area (Å²) in [5.41, 5.74) is 3.33. The van der Waals surface area contributed by atoms with Crippen LogP contribution < -0.4 is 5.22 Å². The van der Waals surface area contributed by atoms with Crippen molar-refractivity contribution >= 4 is 58.9 Å². The standard InChI is InChI=1S/C26H13N3S/c27-14-17(15-28)24-19-8-5-11-23-26(19)29(21-9-3-4-10-22(21)30-23)25-18-7-2-1-6-16(18)12-13-20(24)25/h1-13H. The van der Waals surface area contributed by atoms with Crippen molar-refractivity contribution < 1.29 is 0 Å². The van der Waals surface area contributed by atoms with Gasteiger partial charge in [-0.1, -0.05) is 60.7 Å². The molecule has 3 nitrogen and oxygen atoms in total. The van der Waals surface area contributed by atoms with E-state index in [1.165, 1.54) is 4.70 Å². The quantitative estimate of drug-likeness (QED) is 0.230. The monoisotopic (exact) mass is 399 g/mol. The number of fused-ring (bicyclic) bond motifs is 6. The number of hydrogen-bond acceptors (Lipinski definition) is 3. The summed E-state index contributed by atoms with van der Waals surface area (Å²) in [5.74, 6) is 0. The maximum atomic E-state index is 9.76. The maximum absolute atomic E-state index is 9.76. The predicted octanol–water partition coefficient (Wildman–Crippen LogP) is 6.07. The molecule has 0 saturated heterocycles. The number of nitriles is 2. The van der Waals surface area contributed by atoms with E-state index in [0.29, 0.717) is 5.22 Å². The van der Waals surface area contributed by atoms with Gasteiger partial charge in [0.05, 0.1) is 26.1 Å². The number of nitrogens with zero attached hydrogens (tertiary/aromatic N) is 3. The third kappa shape index (κ3) is 2.12. The minimum atomic E-state index is 0.142. The number of pyridine rings is 1. The molecule has 4 aromatic rings. The van der Waals surface area contributed by atoms with Gasteiger partial charge in [0.1, 0.15) is 17.7 Å². The van der Waals surface area contributed by atoms with Crippen LogP contribution in [0.1, 0.15) is 0 Å². The molecular formula is C26H13N3S. The van der Waals surface area contributed by atoms with Crippen LogP contribution in [0.2, 0.25) is 0 Å². The van der Waals surface area contributed by atoms with Gasteiger partial charge in [0, 0.05) is 21.4 Å². The highest BCUT2D eigenvalue weighted by Crippen LogP contribution is 2.38. The van der Waals surface area contributed by atoms with Crippen LogP contribution in [0.5, 0.6) is 0 Å². The van der Waals surface area contributed by atoms with E-state index in [4.69, 9.17) is 0 Å². The van der Waals surface area contributed by atoms with E-state index >= 15 is 0 Å². The van der Waals surface area contributed by atoms with Crippen molar-refractivity contribution in [1.29, 1.82) is 10.5 Å². The van der Waals surface area contributed by atoms with E-state index in [0.717, 1.165) is 43.0 Å². The number of rotatable bonds is 0. The van der Waals surface area contributed by atoms with Gasteiger partial charge in [-0.3, -0.25) is 0 Å². The minimum absolute atomic E-state index is 0.142. The number of aromatic nitrogens is 1. The van der Waals surface area contributed by atoms with Gasteiger partial charge in [0.15, 0.2) is 0 Å². The molecule has 0 bridgehead atoms. The van der Waals surface area contributed by atoms with Crippen LogP contribution >= 0.6 is 11.3 Å². The first kappa shape index (κ1) is 16.8. The summed E-state index contributed by atoms with van der Waals surface area (Å²) >= 11 is 1.73. The second kappa shape index (κ2) is 6.19. The first-order valence-electron chi connectivity index (χ1n) is 9.59. The SMILES string of the molecule is N#CC(C#N)=c1c2cccc3sc4ccccc4n(c4c1ccc1ccccc14)-c32. The molecule has 6 rings (SSSR count). The molecule has 0 amide bonds. The van der Waals surface area contributed by atoms with Crippen molar-refractivity contribution in [3.05, 3.63) is 84.1 Å². The van der Waals surface area contributed by atoms with Crippen LogP contribution in [0.25, 0.3) is 53.2 Å². The summed E-state index contributed by atoms with van der Waals surface area (Å²) in [5, 5.41) is 24.3. The highest BCUT2D eigenvalue weighted by Gasteiger charge is 2.20. The molecule has 0 spiro atoms. The van der Waals surface area contributed by atoms with E-state index < -0.39 is 0 Å². The average Bonchev–Trinajstić information content (AvgIpc) is 2.80. The first-order chi connectivity index (χ1) is 14.8. The van der Waals surface area contributed by atoms with Gasteiger partial charge in [-0.25, -0.2) is 0 Å². The lowest BCUT2D eigenvalue weighted by Crippen LogP contribution is -2.16. The molecule has 4 heteroatoms. The Morgan fingerprint density at radius 2 is 1.43 bits per heavy atom. The Bertz CT molecular complexity index is 1750. The lowest BCUT2D eigenvalue weighted by molar-refractivity contribution is 1.20. The van der Waals surface area contributed by atoms with E-state index in [-0.39, 0.29) is 5.57 Å². The fourth-order valence-corrected chi connectivity index (χ4v) is 5.58. The number of hydrogen-bond donors (Lipinski definition) is 0. The molecule has 0 fully saturated rings. The highest BCUT2D eigenvalue weighted by atomic mass is 32.1. The van der Waals surface area contributed by atoms with Crippen LogP contribution in [-0.2, 0) is 0 Å². The molecule has 0 atom stereocenters. The molecule has 138 valence electrons. The van der Waals surface area contributed by atoms with Crippen molar-refractivity contribution in [1.82, 2.24) is 4.57 Å². The van der Waals surface area contributed by atoms with Crippen molar-refractivity contribution in [3.8, 4) is 17.8 Å². The van der Waals surface area contributed by atoms with Crippen LogP contribution in [0.3, 0.4) is 0 Å². The third-order valence-corrected chi connectivity index (χ3v) is 6.80. The summed E-state index contributed by atoms with van der Waals surface area (Å²) < 4.78 is 4.62. The zero-order valence-electron chi connectivity index (χ0n) is 15.8. The Morgan fingerprint density at radius 3 is 2.30 bits per heavy atom. The summed E-state index contributed by atoms with van der Waals surface area (Å²) in [6.07, 6.45) is 0. The zero-order chi connectivity index (χ0) is 20.2. The fraction of sp³-hybridized carbons (Fsp3) is 0. The largest absolute Gasteiger partial charge is 0.306 e. The van der Waals surface area contributed by atoms with Gasteiger partial charge in [-0.2, -0.15) is 10.5 Å². The zero-order valence-corrected chi connectivity index (χ0v) is 16.6. The van der Waals surface area contributed by atoms with Crippen molar-refractivity contribution in [2.75, 3.05) is 0 Å². The Morgan fingerprint density at radius 1 is 0.700 bits per heavy atom. The molecule has 0 aromatic heterocycles. The van der Waals surface area contributed by atoms with E-state index in [9.17, 15) is 10.5 Å². The smallest absolute Gasteiger partial charge is 0.138 e. The molecule has 0 aliphatic carbocycles. The normalized spacial score (nSPS) is 11.3. The second-order valence-electron chi connectivity index (χ2n) is 7.21. The van der Waals surface area contributed by atoms with Gasteiger partial charge in [-0.15, -0.1) is 11.3 Å². The summed E-state index contributed by atoms with van der Waals surface area (Å²) in [4.78, 5) is 0. The average molecular weight is 399 g/mol. The molecule has 30 heavy (non-hydrogen) atoms. The highest BCUT2D eigenvalue weighted by molar-refractivity contribution is 7.24. The maximum Gasteiger partial charge on any atom is 0.138 e. The van der Waals surface area contributed by atoms with Crippen LogP contribution in [-0.4, -0.2) is 4.57 Å². The molecule has 0 saturated carbocycles. The number of para-hydroxylation sites is 2. The Hall–Kier alpha value is -4.12. The molecule has 0 N–H and O–H groups in total. The van der Waals surface area contributed by atoms with Gasteiger partial charge in [-0.05, 0) is 23.6 Å². The lowest BCUT2D eigenvalue weighted by atomic mass is 9.98. The topological polar surface area (TPSA) is 52.5 Å². The van der Waals surface area contributed by atoms with Crippen LogP contribution in [0.15, 0.2) is 78.9 Å². The van der Waals surface area contributed by atoms with Crippen molar-refractivity contribution in [2.45, 2.75) is 0 Å².